The summed E-state index contributed by atoms with van der Waals surface area (Å²) in [6.07, 6.45) is 0.750. The van der Waals surface area contributed by atoms with Crippen LogP contribution in [-0.2, 0) is 30.9 Å². The van der Waals surface area contributed by atoms with Gasteiger partial charge in [-0.2, -0.15) is 4.31 Å². The summed E-state index contributed by atoms with van der Waals surface area (Å²) in [6.45, 7) is 3.55. The number of rotatable bonds is 13. The van der Waals surface area contributed by atoms with Crippen molar-refractivity contribution in [3.63, 3.8) is 0 Å². The molecular weight excluding hydrogens is 558 g/mol. The molecule has 0 spiro atoms. The molecule has 10 nitrogen and oxygen atoms in total. The Balaban J connectivity index is 1.55. The first-order chi connectivity index (χ1) is 20.3. The van der Waals surface area contributed by atoms with E-state index in [4.69, 9.17) is 14.2 Å². The highest BCUT2D eigenvalue weighted by atomic mass is 32.2. The van der Waals surface area contributed by atoms with Gasteiger partial charge in [-0.15, -0.1) is 0 Å². The van der Waals surface area contributed by atoms with Gasteiger partial charge in [0.25, 0.3) is 5.91 Å². The van der Waals surface area contributed by atoms with E-state index in [1.54, 1.807) is 19.2 Å². The van der Waals surface area contributed by atoms with Gasteiger partial charge in [0, 0.05) is 26.2 Å². The monoisotopic (exact) mass is 595 g/mol. The van der Waals surface area contributed by atoms with Gasteiger partial charge in [-0.1, -0.05) is 49.4 Å². The highest BCUT2D eigenvalue weighted by Gasteiger charge is 2.32. The van der Waals surface area contributed by atoms with Crippen LogP contribution in [-0.4, -0.2) is 76.0 Å². The third-order valence-corrected chi connectivity index (χ3v) is 8.76. The number of morpholine rings is 1. The van der Waals surface area contributed by atoms with Crippen molar-refractivity contribution < 1.29 is 32.2 Å². The lowest BCUT2D eigenvalue weighted by molar-refractivity contribution is -0.143. The van der Waals surface area contributed by atoms with Gasteiger partial charge in [-0.05, 0) is 53.9 Å². The summed E-state index contributed by atoms with van der Waals surface area (Å²) in [5.41, 5.74) is 1.48. The summed E-state index contributed by atoms with van der Waals surface area (Å²) in [7, 11) is -2.07. The predicted molar refractivity (Wildman–Crippen MR) is 158 cm³/mol. The Morgan fingerprint density at radius 2 is 1.60 bits per heavy atom. The van der Waals surface area contributed by atoms with Crippen molar-refractivity contribution in [2.24, 2.45) is 0 Å². The molecule has 0 aliphatic carbocycles. The van der Waals surface area contributed by atoms with Crippen LogP contribution in [0.3, 0.4) is 0 Å². The molecule has 0 unspecified atom stereocenters. The summed E-state index contributed by atoms with van der Waals surface area (Å²) in [5.74, 6) is 0.318. The van der Waals surface area contributed by atoms with E-state index in [1.165, 1.54) is 33.5 Å². The molecule has 0 bridgehead atoms. The van der Waals surface area contributed by atoms with E-state index in [1.807, 2.05) is 49.4 Å². The molecular formula is C31H37N3O7S. The number of benzene rings is 3. The van der Waals surface area contributed by atoms with E-state index < -0.39 is 22.0 Å². The number of hydrogen-bond acceptors (Lipinski definition) is 7. The van der Waals surface area contributed by atoms with Crippen LogP contribution in [0.25, 0.3) is 0 Å². The summed E-state index contributed by atoms with van der Waals surface area (Å²) >= 11 is 0. The maximum Gasteiger partial charge on any atom is 0.261 e. The molecule has 0 radical (unpaired) electrons. The van der Waals surface area contributed by atoms with Crippen molar-refractivity contribution in [3.8, 4) is 11.5 Å². The van der Waals surface area contributed by atoms with Gasteiger partial charge in [0.05, 0.1) is 25.2 Å². The number of nitrogens with one attached hydrogen (secondary N) is 1. The van der Waals surface area contributed by atoms with Crippen LogP contribution in [0.4, 0.5) is 0 Å². The van der Waals surface area contributed by atoms with Crippen LogP contribution >= 0.6 is 0 Å². The van der Waals surface area contributed by atoms with E-state index in [0.29, 0.717) is 49.9 Å². The molecule has 1 saturated heterocycles. The third kappa shape index (κ3) is 7.87. The Bertz CT molecular complexity index is 1410. The van der Waals surface area contributed by atoms with Crippen LogP contribution in [0.2, 0.25) is 0 Å². The first-order valence-electron chi connectivity index (χ1n) is 13.9. The second-order valence-corrected chi connectivity index (χ2v) is 11.7. The molecule has 1 atom stereocenters. The number of hydrogen-bond donors (Lipinski definition) is 1. The first-order valence-corrected chi connectivity index (χ1v) is 15.3. The van der Waals surface area contributed by atoms with Crippen LogP contribution in [0.1, 0.15) is 30.5 Å². The molecule has 1 aliphatic rings. The zero-order valence-electron chi connectivity index (χ0n) is 23.9. The molecule has 2 amide bonds. The molecule has 1 heterocycles. The topological polar surface area (TPSA) is 114 Å². The van der Waals surface area contributed by atoms with Gasteiger partial charge in [0.1, 0.15) is 17.5 Å². The Morgan fingerprint density at radius 3 is 2.21 bits per heavy atom. The summed E-state index contributed by atoms with van der Waals surface area (Å²) in [6, 6.07) is 21.5. The lowest BCUT2D eigenvalue weighted by Crippen LogP contribution is -2.45. The lowest BCUT2D eigenvalue weighted by atomic mass is 10.0. The summed E-state index contributed by atoms with van der Waals surface area (Å²) < 4.78 is 43.6. The fourth-order valence-electron chi connectivity index (χ4n) is 4.58. The minimum atomic E-state index is -3.65. The maximum atomic E-state index is 13.8. The van der Waals surface area contributed by atoms with E-state index in [-0.39, 0.29) is 24.0 Å². The number of methoxy groups -OCH3 is 1. The molecule has 224 valence electrons. The van der Waals surface area contributed by atoms with Crippen molar-refractivity contribution >= 4 is 21.8 Å². The summed E-state index contributed by atoms with van der Waals surface area (Å²) in [5, 5.41) is 2.93. The van der Waals surface area contributed by atoms with E-state index >= 15 is 0 Å². The molecule has 42 heavy (non-hydrogen) atoms. The van der Waals surface area contributed by atoms with Gasteiger partial charge in [0.2, 0.25) is 15.9 Å². The van der Waals surface area contributed by atoms with E-state index in [0.717, 1.165) is 12.0 Å². The first kappa shape index (κ1) is 31.0. The van der Waals surface area contributed by atoms with E-state index in [2.05, 4.69) is 5.32 Å². The predicted octanol–water partition coefficient (Wildman–Crippen LogP) is 3.39. The third-order valence-electron chi connectivity index (χ3n) is 6.85. The molecule has 11 heteroatoms. The molecule has 3 aromatic rings. The Morgan fingerprint density at radius 1 is 0.952 bits per heavy atom. The van der Waals surface area contributed by atoms with Crippen LogP contribution in [0.5, 0.6) is 11.5 Å². The molecule has 1 aliphatic heterocycles. The van der Waals surface area contributed by atoms with Gasteiger partial charge >= 0.3 is 0 Å². The zero-order valence-corrected chi connectivity index (χ0v) is 24.7. The average Bonchev–Trinajstić information content (AvgIpc) is 3.03. The Labute approximate surface area is 247 Å². The van der Waals surface area contributed by atoms with Gasteiger partial charge < -0.3 is 24.4 Å². The smallest absolute Gasteiger partial charge is 0.261 e. The SMILES string of the molecule is CCCNC(=O)[C@@H](c1ccccc1)N(Cc1ccc(OC)cc1)C(=O)COc1ccc(S(=O)(=O)N2CCOCC2)cc1. The molecule has 4 rings (SSSR count). The largest absolute Gasteiger partial charge is 0.497 e. The lowest BCUT2D eigenvalue weighted by Gasteiger charge is -2.31. The highest BCUT2D eigenvalue weighted by molar-refractivity contribution is 7.89. The summed E-state index contributed by atoms with van der Waals surface area (Å²) in [4.78, 5) is 28.8. The molecule has 1 N–H and O–H groups in total. The van der Waals surface area contributed by atoms with Gasteiger partial charge in [0.15, 0.2) is 6.61 Å². The van der Waals surface area contributed by atoms with Crippen molar-refractivity contribution in [3.05, 3.63) is 90.0 Å². The number of sulfonamides is 1. The fraction of sp³-hybridized carbons (Fsp3) is 0.355. The van der Waals surface area contributed by atoms with Crippen molar-refractivity contribution in [2.75, 3.05) is 46.6 Å². The average molecular weight is 596 g/mol. The van der Waals surface area contributed by atoms with Gasteiger partial charge in [-0.3, -0.25) is 9.59 Å². The number of carbonyl (C=O) groups excluding carboxylic acids is 2. The van der Waals surface area contributed by atoms with Crippen molar-refractivity contribution in [1.82, 2.24) is 14.5 Å². The zero-order chi connectivity index (χ0) is 30.0. The van der Waals surface area contributed by atoms with Crippen LogP contribution in [0.15, 0.2) is 83.8 Å². The number of nitrogens with zero attached hydrogens (tertiary/aromatic N) is 2. The van der Waals surface area contributed by atoms with Crippen molar-refractivity contribution in [1.29, 1.82) is 0 Å². The van der Waals surface area contributed by atoms with Gasteiger partial charge in [-0.25, -0.2) is 8.42 Å². The van der Waals surface area contributed by atoms with E-state index in [9.17, 15) is 18.0 Å². The normalized spacial score (nSPS) is 14.5. The second kappa shape index (κ2) is 14.8. The maximum absolute atomic E-state index is 13.8. The fourth-order valence-corrected chi connectivity index (χ4v) is 5.98. The molecule has 0 saturated carbocycles. The van der Waals surface area contributed by atoms with Crippen molar-refractivity contribution in [2.45, 2.75) is 30.8 Å². The van der Waals surface area contributed by atoms with Crippen LogP contribution < -0.4 is 14.8 Å². The molecule has 0 aromatic heterocycles. The molecule has 1 fully saturated rings. The van der Waals surface area contributed by atoms with Crippen LogP contribution in [0, 0.1) is 0 Å². The number of carbonyl (C=O) groups is 2. The Kier molecular flexibility index (Phi) is 10.9. The second-order valence-electron chi connectivity index (χ2n) is 9.75. The minimum Gasteiger partial charge on any atom is -0.497 e. The number of amides is 2. The Hall–Kier alpha value is -3.93. The highest BCUT2D eigenvalue weighted by Crippen LogP contribution is 2.26. The molecule has 3 aromatic carbocycles. The standard InChI is InChI=1S/C31H37N3O7S/c1-3-17-32-31(36)30(25-7-5-4-6-8-25)34(22-24-9-11-26(39-2)12-10-24)29(35)23-41-27-13-15-28(16-14-27)42(37,38)33-18-20-40-21-19-33/h4-16,30H,3,17-23H2,1-2H3,(H,32,36)/t30-/m1/s1. The number of ether oxygens (including phenoxy) is 3. The quantitative estimate of drug-likeness (QED) is 0.322. The minimum absolute atomic E-state index is 0.140.